The molecule has 3 aromatic rings. The number of fused-ring (bicyclic) bond motifs is 2. The lowest BCUT2D eigenvalue weighted by molar-refractivity contribution is 0.119. The van der Waals surface area contributed by atoms with Crippen molar-refractivity contribution < 1.29 is 9.94 Å². The van der Waals surface area contributed by atoms with Gasteiger partial charge in [0.15, 0.2) is 0 Å². The quantitative estimate of drug-likeness (QED) is 0.393. The maximum absolute atomic E-state index is 11.0. The Kier molecular flexibility index (Phi) is 6.36. The summed E-state index contributed by atoms with van der Waals surface area (Å²) >= 11 is 3.60. The van der Waals surface area contributed by atoms with Gasteiger partial charge in [0.25, 0.3) is 0 Å². The van der Waals surface area contributed by atoms with Crippen LogP contribution in [-0.2, 0) is 11.9 Å². The van der Waals surface area contributed by atoms with Gasteiger partial charge in [0, 0.05) is 29.0 Å². The summed E-state index contributed by atoms with van der Waals surface area (Å²) in [4.78, 5) is 13.0. The summed E-state index contributed by atoms with van der Waals surface area (Å²) in [5.41, 5.74) is 4.64. The molecule has 3 heterocycles. The zero-order valence-corrected chi connectivity index (χ0v) is 19.6. The molecule has 162 valence electrons. The lowest BCUT2D eigenvalue weighted by Crippen LogP contribution is -2.23. The summed E-state index contributed by atoms with van der Waals surface area (Å²) in [6, 6.07) is 13.8. The number of hydrogen-bond donors (Lipinski definition) is 1. The molecule has 0 unspecified atom stereocenters. The lowest BCUT2D eigenvalue weighted by Gasteiger charge is -2.13. The number of aromatic hydroxyl groups is 1. The SMILES string of the molecule is Cl.Cn1c(O)c(C2=Nc3ccccc3/C2=N\OCCN2CCCC2)c2cccc(Br)c21. The van der Waals surface area contributed by atoms with Crippen LogP contribution in [0.1, 0.15) is 24.0 Å². The number of aryl methyl sites for hydroxylation is 1. The minimum absolute atomic E-state index is 0. The molecule has 5 rings (SSSR count). The first kappa shape index (κ1) is 21.9. The normalized spacial score (nSPS) is 17.1. The highest BCUT2D eigenvalue weighted by molar-refractivity contribution is 9.10. The van der Waals surface area contributed by atoms with Crippen LogP contribution < -0.4 is 0 Å². The molecular formula is C23H24BrClN4O2. The van der Waals surface area contributed by atoms with Gasteiger partial charge in [-0.1, -0.05) is 35.5 Å². The van der Waals surface area contributed by atoms with Gasteiger partial charge in [-0.05, 0) is 54.0 Å². The molecule has 1 saturated heterocycles. The van der Waals surface area contributed by atoms with Crippen LogP contribution in [0.3, 0.4) is 0 Å². The van der Waals surface area contributed by atoms with E-state index in [0.717, 1.165) is 46.3 Å². The smallest absolute Gasteiger partial charge is 0.201 e. The zero-order valence-electron chi connectivity index (χ0n) is 17.2. The van der Waals surface area contributed by atoms with E-state index in [9.17, 15) is 5.11 Å². The van der Waals surface area contributed by atoms with Crippen molar-refractivity contribution in [1.29, 1.82) is 0 Å². The number of aliphatic imine (C=N–C) groups is 1. The molecule has 0 radical (unpaired) electrons. The summed E-state index contributed by atoms with van der Waals surface area (Å²) in [5.74, 6) is 0.160. The van der Waals surface area contributed by atoms with E-state index in [2.05, 4.69) is 26.0 Å². The van der Waals surface area contributed by atoms with Gasteiger partial charge < -0.3 is 14.5 Å². The van der Waals surface area contributed by atoms with E-state index in [0.29, 0.717) is 23.6 Å². The molecule has 0 aliphatic carbocycles. The van der Waals surface area contributed by atoms with Crippen molar-refractivity contribution in [2.75, 3.05) is 26.2 Å². The average molecular weight is 504 g/mol. The third kappa shape index (κ3) is 3.86. The predicted octanol–water partition coefficient (Wildman–Crippen LogP) is 5.02. The van der Waals surface area contributed by atoms with Gasteiger partial charge in [0.1, 0.15) is 18.0 Å². The van der Waals surface area contributed by atoms with E-state index < -0.39 is 0 Å². The first-order valence-corrected chi connectivity index (χ1v) is 11.0. The minimum atomic E-state index is 0. The molecule has 2 aliphatic rings. The van der Waals surface area contributed by atoms with Crippen LogP contribution in [-0.4, -0.2) is 52.2 Å². The Labute approximate surface area is 195 Å². The molecule has 6 nitrogen and oxygen atoms in total. The Bertz CT molecular complexity index is 1180. The van der Waals surface area contributed by atoms with Crippen LogP contribution in [0.4, 0.5) is 5.69 Å². The van der Waals surface area contributed by atoms with Crippen LogP contribution in [0.15, 0.2) is 57.1 Å². The number of halogens is 2. The molecule has 31 heavy (non-hydrogen) atoms. The van der Waals surface area contributed by atoms with Gasteiger partial charge >= 0.3 is 0 Å². The van der Waals surface area contributed by atoms with E-state index >= 15 is 0 Å². The largest absolute Gasteiger partial charge is 0.494 e. The third-order valence-electron chi connectivity index (χ3n) is 5.84. The lowest BCUT2D eigenvalue weighted by atomic mass is 10.0. The van der Waals surface area contributed by atoms with Crippen molar-refractivity contribution in [3.05, 3.63) is 58.1 Å². The first-order valence-electron chi connectivity index (χ1n) is 10.2. The van der Waals surface area contributed by atoms with Crippen molar-refractivity contribution in [2.45, 2.75) is 12.8 Å². The Balaban J connectivity index is 0.00000231. The van der Waals surface area contributed by atoms with E-state index in [1.54, 1.807) is 4.57 Å². The van der Waals surface area contributed by atoms with Crippen LogP contribution in [0.25, 0.3) is 10.9 Å². The van der Waals surface area contributed by atoms with Crippen LogP contribution in [0, 0.1) is 0 Å². The van der Waals surface area contributed by atoms with E-state index in [-0.39, 0.29) is 18.3 Å². The molecule has 8 heteroatoms. The summed E-state index contributed by atoms with van der Waals surface area (Å²) in [6.07, 6.45) is 2.52. The number of hydrogen-bond acceptors (Lipinski definition) is 5. The highest BCUT2D eigenvalue weighted by atomic mass is 79.9. The van der Waals surface area contributed by atoms with Crippen molar-refractivity contribution in [1.82, 2.24) is 9.47 Å². The Hall–Kier alpha value is -2.35. The number of likely N-dealkylation sites (tertiary alicyclic amines) is 1. The van der Waals surface area contributed by atoms with Crippen molar-refractivity contribution >= 4 is 56.4 Å². The second kappa shape index (κ2) is 9.02. The summed E-state index contributed by atoms with van der Waals surface area (Å²) in [7, 11) is 1.85. The average Bonchev–Trinajstić information content (AvgIpc) is 3.44. The second-order valence-corrected chi connectivity index (χ2v) is 8.55. The second-order valence-electron chi connectivity index (χ2n) is 7.69. The molecule has 0 spiro atoms. The number of para-hydroxylation sites is 2. The maximum atomic E-state index is 11.0. The Morgan fingerprint density at radius 1 is 1.13 bits per heavy atom. The van der Waals surface area contributed by atoms with Crippen LogP contribution in [0.5, 0.6) is 5.88 Å². The van der Waals surface area contributed by atoms with Crippen molar-refractivity contribution in [2.24, 2.45) is 17.2 Å². The predicted molar refractivity (Wildman–Crippen MR) is 130 cm³/mol. The molecule has 0 saturated carbocycles. The third-order valence-corrected chi connectivity index (χ3v) is 6.48. The van der Waals surface area contributed by atoms with E-state index in [1.807, 2.05) is 49.5 Å². The fourth-order valence-corrected chi connectivity index (χ4v) is 4.94. The molecule has 1 fully saturated rings. The monoisotopic (exact) mass is 502 g/mol. The Morgan fingerprint density at radius 2 is 1.90 bits per heavy atom. The van der Waals surface area contributed by atoms with Crippen molar-refractivity contribution in [3.63, 3.8) is 0 Å². The highest BCUT2D eigenvalue weighted by Gasteiger charge is 2.30. The maximum Gasteiger partial charge on any atom is 0.201 e. The molecular weight excluding hydrogens is 480 g/mol. The molecule has 0 bridgehead atoms. The van der Waals surface area contributed by atoms with E-state index in [4.69, 9.17) is 9.83 Å². The van der Waals surface area contributed by atoms with Crippen molar-refractivity contribution in [3.8, 4) is 5.88 Å². The van der Waals surface area contributed by atoms with Gasteiger partial charge in [0.2, 0.25) is 5.88 Å². The molecule has 1 N–H and O–H groups in total. The van der Waals surface area contributed by atoms with E-state index in [1.165, 1.54) is 12.8 Å². The number of rotatable bonds is 5. The van der Waals surface area contributed by atoms with Gasteiger partial charge in [0.05, 0.1) is 16.8 Å². The minimum Gasteiger partial charge on any atom is -0.494 e. The number of benzene rings is 2. The fourth-order valence-electron chi connectivity index (χ4n) is 4.31. The van der Waals surface area contributed by atoms with Gasteiger partial charge in [-0.15, -0.1) is 12.4 Å². The number of aromatic nitrogens is 1. The molecule has 2 aromatic carbocycles. The highest BCUT2D eigenvalue weighted by Crippen LogP contribution is 2.39. The molecule has 1 aromatic heterocycles. The molecule has 2 aliphatic heterocycles. The molecule has 0 atom stereocenters. The topological polar surface area (TPSA) is 62.4 Å². The van der Waals surface area contributed by atoms with Gasteiger partial charge in [-0.2, -0.15) is 0 Å². The standard InChI is InChI=1S/C23H23BrN4O2.ClH/c1-27-22-16(8-6-9-17(22)24)19(23(27)29)21-20(15-7-2-3-10-18(15)25-21)26-30-14-13-28-11-4-5-12-28;/h2-3,6-10,29H,4-5,11-14H2,1H3;1H/b26-20+;. The number of nitrogens with zero attached hydrogens (tertiary/aromatic N) is 4. The molecule has 0 amide bonds. The fraction of sp³-hybridized carbons (Fsp3) is 0.304. The van der Waals surface area contributed by atoms with Crippen LogP contribution >= 0.6 is 28.3 Å². The zero-order chi connectivity index (χ0) is 20.7. The summed E-state index contributed by atoms with van der Waals surface area (Å²) in [5, 5.41) is 16.4. The Morgan fingerprint density at radius 3 is 2.71 bits per heavy atom. The summed E-state index contributed by atoms with van der Waals surface area (Å²) in [6.45, 7) is 3.67. The first-order chi connectivity index (χ1) is 14.6. The number of oxime groups is 1. The summed E-state index contributed by atoms with van der Waals surface area (Å²) < 4.78 is 2.69. The van der Waals surface area contributed by atoms with Crippen LogP contribution in [0.2, 0.25) is 0 Å². The van der Waals surface area contributed by atoms with Gasteiger partial charge in [-0.3, -0.25) is 4.90 Å². The van der Waals surface area contributed by atoms with Gasteiger partial charge in [-0.25, -0.2) is 4.99 Å².